The first kappa shape index (κ1) is 14.9. The third kappa shape index (κ3) is 3.53. The van der Waals surface area contributed by atoms with Gasteiger partial charge in [0.05, 0.1) is 11.8 Å². The molecule has 0 bridgehead atoms. The van der Waals surface area contributed by atoms with Gasteiger partial charge in [-0.3, -0.25) is 0 Å². The second-order valence-electron chi connectivity index (χ2n) is 6.34. The molecule has 20 heavy (non-hydrogen) atoms. The maximum Gasteiger partial charge on any atom is 0.128 e. The molecule has 110 valence electrons. The first-order valence-corrected chi connectivity index (χ1v) is 7.46. The van der Waals surface area contributed by atoms with Gasteiger partial charge in [0.25, 0.3) is 0 Å². The highest BCUT2D eigenvalue weighted by molar-refractivity contribution is 6.00. The van der Waals surface area contributed by atoms with Gasteiger partial charge in [0.1, 0.15) is 5.75 Å². The lowest BCUT2D eigenvalue weighted by atomic mass is 9.82. The van der Waals surface area contributed by atoms with Crippen molar-refractivity contribution in [1.29, 1.82) is 0 Å². The van der Waals surface area contributed by atoms with E-state index in [0.29, 0.717) is 17.5 Å². The lowest BCUT2D eigenvalue weighted by Gasteiger charge is -2.32. The Morgan fingerprint density at radius 1 is 1.20 bits per heavy atom. The van der Waals surface area contributed by atoms with Crippen LogP contribution in [0, 0.1) is 18.8 Å². The van der Waals surface area contributed by atoms with Crippen LogP contribution in [0.15, 0.2) is 23.4 Å². The van der Waals surface area contributed by atoms with Crippen molar-refractivity contribution in [2.75, 3.05) is 0 Å². The number of oxime groups is 1. The van der Waals surface area contributed by atoms with Crippen molar-refractivity contribution in [3.63, 3.8) is 0 Å². The van der Waals surface area contributed by atoms with E-state index in [1.165, 1.54) is 6.42 Å². The predicted molar refractivity (Wildman–Crippen MR) is 81.8 cm³/mol. The van der Waals surface area contributed by atoms with E-state index in [1.807, 2.05) is 25.1 Å². The maximum absolute atomic E-state index is 9.03. The molecule has 1 N–H and O–H groups in total. The number of rotatable bonds is 3. The Balaban J connectivity index is 2.20. The van der Waals surface area contributed by atoms with Gasteiger partial charge >= 0.3 is 0 Å². The Hall–Kier alpha value is -1.51. The fourth-order valence-electron chi connectivity index (χ4n) is 3.23. The monoisotopic (exact) mass is 275 g/mol. The second kappa shape index (κ2) is 6.29. The minimum Gasteiger partial charge on any atom is -0.490 e. The molecule has 1 aromatic rings. The largest absolute Gasteiger partial charge is 0.490 e. The van der Waals surface area contributed by atoms with Gasteiger partial charge in [-0.05, 0) is 57.1 Å². The number of nitrogens with zero attached hydrogens (tertiary/aromatic N) is 1. The number of benzene rings is 1. The molecule has 0 aliphatic heterocycles. The maximum atomic E-state index is 9.03. The average molecular weight is 275 g/mol. The molecule has 0 heterocycles. The topological polar surface area (TPSA) is 41.8 Å². The third-order valence-corrected chi connectivity index (χ3v) is 4.10. The van der Waals surface area contributed by atoms with E-state index >= 15 is 0 Å². The Bertz CT molecular complexity index is 486. The third-order valence-electron chi connectivity index (χ3n) is 4.10. The summed E-state index contributed by atoms with van der Waals surface area (Å²) in [5.41, 5.74) is 2.62. The summed E-state index contributed by atoms with van der Waals surface area (Å²) in [6, 6.07) is 6.04. The summed E-state index contributed by atoms with van der Waals surface area (Å²) in [4.78, 5) is 0. The van der Waals surface area contributed by atoms with Gasteiger partial charge in [-0.15, -0.1) is 0 Å². The summed E-state index contributed by atoms with van der Waals surface area (Å²) in [6.45, 7) is 8.42. The fraction of sp³-hybridized carbons (Fsp3) is 0.588. The molecule has 1 aromatic carbocycles. The molecule has 1 saturated carbocycles. The van der Waals surface area contributed by atoms with Crippen LogP contribution in [0.4, 0.5) is 0 Å². The van der Waals surface area contributed by atoms with Gasteiger partial charge in [0, 0.05) is 5.56 Å². The summed E-state index contributed by atoms with van der Waals surface area (Å²) < 4.78 is 6.21. The highest BCUT2D eigenvalue weighted by Crippen LogP contribution is 2.32. The highest BCUT2D eigenvalue weighted by atomic mass is 16.5. The normalized spacial score (nSPS) is 27.4. The number of aryl methyl sites for hydroxylation is 1. The van der Waals surface area contributed by atoms with Crippen molar-refractivity contribution in [2.45, 2.75) is 53.1 Å². The van der Waals surface area contributed by atoms with Crippen LogP contribution in [0.25, 0.3) is 0 Å². The van der Waals surface area contributed by atoms with Crippen molar-refractivity contribution in [2.24, 2.45) is 17.0 Å². The van der Waals surface area contributed by atoms with Gasteiger partial charge < -0.3 is 9.94 Å². The van der Waals surface area contributed by atoms with Gasteiger partial charge in [0.15, 0.2) is 0 Å². The molecule has 0 spiro atoms. The summed E-state index contributed by atoms with van der Waals surface area (Å²) in [5.74, 6) is 2.26. The van der Waals surface area contributed by atoms with E-state index < -0.39 is 0 Å². The van der Waals surface area contributed by atoms with Crippen molar-refractivity contribution in [3.05, 3.63) is 29.3 Å². The number of hydrogen-bond donors (Lipinski definition) is 1. The summed E-state index contributed by atoms with van der Waals surface area (Å²) in [5, 5.41) is 12.3. The summed E-state index contributed by atoms with van der Waals surface area (Å²) >= 11 is 0. The van der Waals surface area contributed by atoms with E-state index in [0.717, 1.165) is 29.7 Å². The minimum absolute atomic E-state index is 0.265. The van der Waals surface area contributed by atoms with Gasteiger partial charge in [-0.25, -0.2) is 0 Å². The van der Waals surface area contributed by atoms with Crippen LogP contribution in [-0.4, -0.2) is 17.0 Å². The van der Waals surface area contributed by atoms with Gasteiger partial charge in [0.2, 0.25) is 0 Å². The molecule has 1 fully saturated rings. The van der Waals surface area contributed by atoms with E-state index in [-0.39, 0.29) is 6.10 Å². The predicted octanol–water partition coefficient (Wildman–Crippen LogP) is 4.40. The first-order chi connectivity index (χ1) is 9.49. The molecule has 2 unspecified atom stereocenters. The van der Waals surface area contributed by atoms with E-state index in [2.05, 4.69) is 19.0 Å². The molecule has 1 aliphatic carbocycles. The second-order valence-corrected chi connectivity index (χ2v) is 6.34. The van der Waals surface area contributed by atoms with Crippen molar-refractivity contribution < 1.29 is 9.94 Å². The SMILES string of the molecule is CC(=NO)c1cc(C)ccc1OC1CC(C)CC(C)C1. The summed E-state index contributed by atoms with van der Waals surface area (Å²) in [7, 11) is 0. The van der Waals surface area contributed by atoms with Crippen LogP contribution in [0.2, 0.25) is 0 Å². The molecule has 0 saturated heterocycles. The zero-order valence-electron chi connectivity index (χ0n) is 12.9. The zero-order chi connectivity index (χ0) is 14.7. The lowest BCUT2D eigenvalue weighted by Crippen LogP contribution is -2.29. The fourth-order valence-corrected chi connectivity index (χ4v) is 3.23. The molecule has 3 nitrogen and oxygen atoms in total. The molecule has 1 aliphatic rings. The molecular formula is C17H25NO2. The molecule has 0 amide bonds. The molecule has 2 atom stereocenters. The number of ether oxygens (including phenoxy) is 1. The lowest BCUT2D eigenvalue weighted by molar-refractivity contribution is 0.101. The molecule has 0 aromatic heterocycles. The Morgan fingerprint density at radius 2 is 1.85 bits per heavy atom. The Kier molecular flexibility index (Phi) is 4.69. The van der Waals surface area contributed by atoms with E-state index in [4.69, 9.17) is 9.94 Å². The van der Waals surface area contributed by atoms with Crippen LogP contribution in [-0.2, 0) is 0 Å². The van der Waals surface area contributed by atoms with Crippen LogP contribution >= 0.6 is 0 Å². The van der Waals surface area contributed by atoms with Crippen molar-refractivity contribution in [3.8, 4) is 5.75 Å². The van der Waals surface area contributed by atoms with Crippen LogP contribution in [0.1, 0.15) is 51.2 Å². The highest BCUT2D eigenvalue weighted by Gasteiger charge is 2.26. The van der Waals surface area contributed by atoms with Crippen molar-refractivity contribution >= 4 is 5.71 Å². The van der Waals surface area contributed by atoms with Crippen LogP contribution in [0.3, 0.4) is 0 Å². The van der Waals surface area contributed by atoms with Gasteiger partial charge in [-0.2, -0.15) is 0 Å². The van der Waals surface area contributed by atoms with Crippen LogP contribution < -0.4 is 4.74 Å². The molecule has 2 rings (SSSR count). The first-order valence-electron chi connectivity index (χ1n) is 7.46. The number of hydrogen-bond acceptors (Lipinski definition) is 3. The average Bonchev–Trinajstić information content (AvgIpc) is 2.38. The van der Waals surface area contributed by atoms with Crippen LogP contribution in [0.5, 0.6) is 5.75 Å². The smallest absolute Gasteiger partial charge is 0.128 e. The molecule has 3 heteroatoms. The molecular weight excluding hydrogens is 250 g/mol. The minimum atomic E-state index is 0.265. The van der Waals surface area contributed by atoms with E-state index in [1.54, 1.807) is 6.92 Å². The molecule has 0 radical (unpaired) electrons. The van der Waals surface area contributed by atoms with Gasteiger partial charge in [-0.1, -0.05) is 30.6 Å². The Morgan fingerprint density at radius 3 is 2.45 bits per heavy atom. The Labute approximate surface area is 121 Å². The van der Waals surface area contributed by atoms with Crippen molar-refractivity contribution in [1.82, 2.24) is 0 Å². The zero-order valence-corrected chi connectivity index (χ0v) is 12.9. The van der Waals surface area contributed by atoms with E-state index in [9.17, 15) is 0 Å². The quantitative estimate of drug-likeness (QED) is 0.505. The summed E-state index contributed by atoms with van der Waals surface area (Å²) in [6.07, 6.45) is 3.76. The standard InChI is InChI=1S/C17H25NO2/c1-11-5-6-17(16(10-11)14(4)18-19)20-15-8-12(2)7-13(3)9-15/h5-6,10,12-13,15,19H,7-9H2,1-4H3.